The zero-order valence-corrected chi connectivity index (χ0v) is 10.3. The van der Waals surface area contributed by atoms with E-state index in [0.29, 0.717) is 12.1 Å². The van der Waals surface area contributed by atoms with Crippen molar-refractivity contribution in [3.05, 3.63) is 30.1 Å². The summed E-state index contributed by atoms with van der Waals surface area (Å²) in [6.07, 6.45) is 7.31. The summed E-state index contributed by atoms with van der Waals surface area (Å²) in [5.74, 6) is 0.994. The van der Waals surface area contributed by atoms with Crippen molar-refractivity contribution in [3.8, 4) is 0 Å². The first-order chi connectivity index (χ1) is 7.79. The molecule has 0 radical (unpaired) electrons. The predicted octanol–water partition coefficient (Wildman–Crippen LogP) is 3.31. The van der Waals surface area contributed by atoms with Crippen LogP contribution >= 0.6 is 0 Å². The number of aromatic nitrogens is 1. The summed E-state index contributed by atoms with van der Waals surface area (Å²) >= 11 is 0. The first-order valence-electron chi connectivity index (χ1n) is 6.46. The van der Waals surface area contributed by atoms with E-state index in [1.807, 2.05) is 12.3 Å². The molecule has 2 unspecified atom stereocenters. The molecule has 0 bridgehead atoms. The van der Waals surface area contributed by atoms with Gasteiger partial charge in [0.15, 0.2) is 0 Å². The summed E-state index contributed by atoms with van der Waals surface area (Å²) in [6, 6.07) is 7.15. The molecule has 2 atom stereocenters. The SMILES string of the molecule is CCC(CC1CC1)NC(C)c1ccccn1. The molecule has 1 N–H and O–H groups in total. The van der Waals surface area contributed by atoms with Crippen molar-refractivity contribution in [1.29, 1.82) is 0 Å². The van der Waals surface area contributed by atoms with Crippen molar-refractivity contribution in [2.75, 3.05) is 0 Å². The maximum atomic E-state index is 4.40. The van der Waals surface area contributed by atoms with Gasteiger partial charge in [-0.15, -0.1) is 0 Å². The molecule has 0 saturated heterocycles. The number of hydrogen-bond donors (Lipinski definition) is 1. The Morgan fingerprint density at radius 2 is 2.25 bits per heavy atom. The Morgan fingerprint density at radius 1 is 1.44 bits per heavy atom. The zero-order chi connectivity index (χ0) is 11.4. The Morgan fingerprint density at radius 3 is 2.81 bits per heavy atom. The standard InChI is InChI=1S/C14H22N2/c1-3-13(10-12-7-8-12)16-11(2)14-6-4-5-9-15-14/h4-6,9,11-13,16H,3,7-8,10H2,1-2H3. The highest BCUT2D eigenvalue weighted by atomic mass is 15.0. The average molecular weight is 218 g/mol. The Hall–Kier alpha value is -0.890. The number of hydrogen-bond acceptors (Lipinski definition) is 2. The second-order valence-electron chi connectivity index (χ2n) is 4.93. The van der Waals surface area contributed by atoms with E-state index in [1.54, 1.807) is 0 Å². The van der Waals surface area contributed by atoms with E-state index in [4.69, 9.17) is 0 Å². The zero-order valence-electron chi connectivity index (χ0n) is 10.3. The topological polar surface area (TPSA) is 24.9 Å². The first-order valence-corrected chi connectivity index (χ1v) is 6.46. The Kier molecular flexibility index (Phi) is 3.94. The summed E-state index contributed by atoms with van der Waals surface area (Å²) in [5, 5.41) is 3.69. The highest BCUT2D eigenvalue weighted by Gasteiger charge is 2.25. The van der Waals surface area contributed by atoms with Crippen molar-refractivity contribution < 1.29 is 0 Å². The van der Waals surface area contributed by atoms with Crippen LogP contribution in [0.4, 0.5) is 0 Å². The lowest BCUT2D eigenvalue weighted by Crippen LogP contribution is -2.31. The van der Waals surface area contributed by atoms with Gasteiger partial charge in [-0.2, -0.15) is 0 Å². The van der Waals surface area contributed by atoms with Gasteiger partial charge in [-0.05, 0) is 37.8 Å². The third-order valence-corrected chi connectivity index (χ3v) is 3.42. The lowest BCUT2D eigenvalue weighted by atomic mass is 10.1. The Balaban J connectivity index is 1.86. The van der Waals surface area contributed by atoms with Gasteiger partial charge in [-0.1, -0.05) is 25.8 Å². The van der Waals surface area contributed by atoms with Gasteiger partial charge in [0.25, 0.3) is 0 Å². The summed E-state index contributed by atoms with van der Waals surface area (Å²) in [4.78, 5) is 4.40. The molecule has 0 spiro atoms. The maximum Gasteiger partial charge on any atom is 0.0570 e. The second kappa shape index (κ2) is 5.44. The summed E-state index contributed by atoms with van der Waals surface area (Å²) in [5.41, 5.74) is 1.15. The molecule has 2 rings (SSSR count). The maximum absolute atomic E-state index is 4.40. The molecule has 16 heavy (non-hydrogen) atoms. The van der Waals surface area contributed by atoms with Crippen molar-refractivity contribution >= 4 is 0 Å². The molecule has 2 nitrogen and oxygen atoms in total. The highest BCUT2D eigenvalue weighted by molar-refractivity contribution is 5.07. The van der Waals surface area contributed by atoms with Gasteiger partial charge in [0.2, 0.25) is 0 Å². The highest BCUT2D eigenvalue weighted by Crippen LogP contribution is 2.34. The molecule has 0 aromatic carbocycles. The van der Waals surface area contributed by atoms with E-state index in [0.717, 1.165) is 11.6 Å². The third-order valence-electron chi connectivity index (χ3n) is 3.42. The predicted molar refractivity (Wildman–Crippen MR) is 67.2 cm³/mol. The van der Waals surface area contributed by atoms with Crippen LogP contribution in [0.1, 0.15) is 51.3 Å². The molecule has 1 aromatic heterocycles. The van der Waals surface area contributed by atoms with Crippen LogP contribution in [0.3, 0.4) is 0 Å². The molecule has 1 aliphatic carbocycles. The fraction of sp³-hybridized carbons (Fsp3) is 0.643. The normalized spacial score (nSPS) is 19.4. The summed E-state index contributed by atoms with van der Waals surface area (Å²) in [6.45, 7) is 4.48. The minimum Gasteiger partial charge on any atom is -0.306 e. The van der Waals surface area contributed by atoms with Crippen LogP contribution in [-0.2, 0) is 0 Å². The smallest absolute Gasteiger partial charge is 0.0570 e. The molecule has 2 heteroatoms. The summed E-state index contributed by atoms with van der Waals surface area (Å²) < 4.78 is 0. The van der Waals surface area contributed by atoms with Crippen molar-refractivity contribution in [2.24, 2.45) is 5.92 Å². The Bertz CT molecular complexity index is 306. The average Bonchev–Trinajstić information content (AvgIpc) is 3.13. The molecule has 1 aromatic rings. The largest absolute Gasteiger partial charge is 0.306 e. The molecule has 1 saturated carbocycles. The van der Waals surface area contributed by atoms with Crippen LogP contribution in [0.15, 0.2) is 24.4 Å². The molecule has 0 aliphatic heterocycles. The monoisotopic (exact) mass is 218 g/mol. The molecular formula is C14H22N2. The first kappa shape index (κ1) is 11.6. The molecule has 0 amide bonds. The van der Waals surface area contributed by atoms with Gasteiger partial charge >= 0.3 is 0 Å². The van der Waals surface area contributed by atoms with Gasteiger partial charge in [-0.25, -0.2) is 0 Å². The van der Waals surface area contributed by atoms with E-state index in [2.05, 4.69) is 36.3 Å². The van der Waals surface area contributed by atoms with Crippen molar-refractivity contribution in [2.45, 2.75) is 51.6 Å². The molecule has 88 valence electrons. The van der Waals surface area contributed by atoms with Crippen LogP contribution in [0, 0.1) is 5.92 Å². The van der Waals surface area contributed by atoms with Gasteiger partial charge in [0, 0.05) is 18.3 Å². The number of nitrogens with one attached hydrogen (secondary N) is 1. The lowest BCUT2D eigenvalue weighted by Gasteiger charge is -2.21. The van der Waals surface area contributed by atoms with E-state index in [-0.39, 0.29) is 0 Å². The lowest BCUT2D eigenvalue weighted by molar-refractivity contribution is 0.400. The number of rotatable bonds is 6. The molecule has 1 heterocycles. The van der Waals surface area contributed by atoms with Crippen LogP contribution in [0.2, 0.25) is 0 Å². The van der Waals surface area contributed by atoms with Gasteiger partial charge < -0.3 is 5.32 Å². The number of pyridine rings is 1. The fourth-order valence-electron chi connectivity index (χ4n) is 2.18. The molecule has 1 aliphatic rings. The second-order valence-corrected chi connectivity index (χ2v) is 4.93. The minimum absolute atomic E-state index is 0.366. The van der Waals surface area contributed by atoms with E-state index in [9.17, 15) is 0 Å². The van der Waals surface area contributed by atoms with Crippen LogP contribution in [-0.4, -0.2) is 11.0 Å². The molecular weight excluding hydrogens is 196 g/mol. The van der Waals surface area contributed by atoms with Crippen LogP contribution in [0.5, 0.6) is 0 Å². The summed E-state index contributed by atoms with van der Waals surface area (Å²) in [7, 11) is 0. The van der Waals surface area contributed by atoms with Crippen LogP contribution < -0.4 is 5.32 Å². The van der Waals surface area contributed by atoms with Gasteiger partial charge in [0.1, 0.15) is 0 Å². The number of nitrogens with zero attached hydrogens (tertiary/aromatic N) is 1. The minimum atomic E-state index is 0.366. The van der Waals surface area contributed by atoms with Crippen LogP contribution in [0.25, 0.3) is 0 Å². The van der Waals surface area contributed by atoms with E-state index < -0.39 is 0 Å². The third kappa shape index (κ3) is 3.31. The fourth-order valence-corrected chi connectivity index (χ4v) is 2.18. The van der Waals surface area contributed by atoms with Gasteiger partial charge in [-0.3, -0.25) is 4.98 Å². The van der Waals surface area contributed by atoms with Crippen molar-refractivity contribution in [3.63, 3.8) is 0 Å². The molecule has 1 fully saturated rings. The van der Waals surface area contributed by atoms with E-state index in [1.165, 1.54) is 25.7 Å². The van der Waals surface area contributed by atoms with Crippen molar-refractivity contribution in [1.82, 2.24) is 10.3 Å². The Labute approximate surface area is 98.5 Å². The van der Waals surface area contributed by atoms with E-state index >= 15 is 0 Å². The quantitative estimate of drug-likeness (QED) is 0.792. The van der Waals surface area contributed by atoms with Gasteiger partial charge in [0.05, 0.1) is 5.69 Å².